The quantitative estimate of drug-likeness (QED) is 0.366. The van der Waals surface area contributed by atoms with E-state index in [1.807, 2.05) is 19.2 Å². The van der Waals surface area contributed by atoms with Gasteiger partial charge in [-0.2, -0.15) is 0 Å². The molecule has 2 aliphatic heterocycles. The maximum Gasteiger partial charge on any atom is 0.191 e. The number of hydrogen-bond acceptors (Lipinski definition) is 3. The summed E-state index contributed by atoms with van der Waals surface area (Å²) in [5, 5.41) is 6.80. The van der Waals surface area contributed by atoms with E-state index in [1.54, 1.807) is 12.1 Å². The zero-order valence-electron chi connectivity index (χ0n) is 16.1. The largest absolute Gasteiger partial charge is 0.376 e. The first-order valence-corrected chi connectivity index (χ1v) is 9.76. The van der Waals surface area contributed by atoms with Crippen LogP contribution in [0, 0.1) is 11.7 Å². The molecule has 0 aliphatic carbocycles. The van der Waals surface area contributed by atoms with Crippen LogP contribution in [0.25, 0.3) is 0 Å². The third-order valence-corrected chi connectivity index (χ3v) is 5.36. The first-order chi connectivity index (χ1) is 12.7. The second-order valence-corrected chi connectivity index (χ2v) is 7.28. The zero-order chi connectivity index (χ0) is 18.2. The number of nitrogens with zero attached hydrogens (tertiary/aromatic N) is 2. The SMILES string of the molecule is CN=C(NCC1CCN(Cc2ccccc2F)CC1)NCC1CCCO1.I. The Morgan fingerprint density at radius 2 is 1.93 bits per heavy atom. The average Bonchev–Trinajstić information content (AvgIpc) is 3.18. The Hall–Kier alpha value is -0.930. The van der Waals surface area contributed by atoms with Crippen LogP contribution in [0.2, 0.25) is 0 Å². The fourth-order valence-corrected chi connectivity index (χ4v) is 3.69. The van der Waals surface area contributed by atoms with Gasteiger partial charge in [0.2, 0.25) is 0 Å². The van der Waals surface area contributed by atoms with Crippen molar-refractivity contribution < 1.29 is 9.13 Å². The molecule has 152 valence electrons. The Labute approximate surface area is 179 Å². The van der Waals surface area contributed by atoms with Crippen molar-refractivity contribution in [3.63, 3.8) is 0 Å². The molecule has 1 aromatic carbocycles. The molecule has 0 amide bonds. The van der Waals surface area contributed by atoms with Gasteiger partial charge in [0.1, 0.15) is 5.82 Å². The molecule has 0 radical (unpaired) electrons. The number of halogens is 2. The van der Waals surface area contributed by atoms with Crippen molar-refractivity contribution in [2.75, 3.05) is 39.8 Å². The van der Waals surface area contributed by atoms with Crippen molar-refractivity contribution in [2.24, 2.45) is 10.9 Å². The summed E-state index contributed by atoms with van der Waals surface area (Å²) < 4.78 is 19.4. The van der Waals surface area contributed by atoms with E-state index in [-0.39, 0.29) is 29.8 Å². The van der Waals surface area contributed by atoms with Crippen LogP contribution in [0.5, 0.6) is 0 Å². The Kier molecular flexibility index (Phi) is 9.78. The Balaban J connectivity index is 0.00000261. The van der Waals surface area contributed by atoms with E-state index in [0.717, 1.165) is 70.0 Å². The third kappa shape index (κ3) is 7.19. The van der Waals surface area contributed by atoms with Crippen molar-refractivity contribution in [2.45, 2.75) is 38.3 Å². The van der Waals surface area contributed by atoms with Gasteiger partial charge in [-0.25, -0.2) is 4.39 Å². The second-order valence-electron chi connectivity index (χ2n) is 7.28. The van der Waals surface area contributed by atoms with E-state index < -0.39 is 0 Å². The van der Waals surface area contributed by atoms with Crippen LogP contribution in [0.3, 0.4) is 0 Å². The van der Waals surface area contributed by atoms with E-state index in [2.05, 4.69) is 20.5 Å². The fourth-order valence-electron chi connectivity index (χ4n) is 3.69. The fraction of sp³-hybridized carbons (Fsp3) is 0.650. The lowest BCUT2D eigenvalue weighted by molar-refractivity contribution is 0.113. The van der Waals surface area contributed by atoms with E-state index in [0.29, 0.717) is 18.6 Å². The number of rotatable bonds is 6. The summed E-state index contributed by atoms with van der Waals surface area (Å²) in [4.78, 5) is 6.65. The minimum absolute atomic E-state index is 0. The molecule has 2 saturated heterocycles. The standard InChI is InChI=1S/C20H31FN4O.HI/c1-22-20(24-14-18-6-4-12-26-18)23-13-16-8-10-25(11-9-16)15-17-5-2-3-7-19(17)21;/h2-3,5,7,16,18H,4,6,8-15H2,1H3,(H2,22,23,24);1H. The number of hydrogen-bond donors (Lipinski definition) is 2. The van der Waals surface area contributed by atoms with Crippen molar-refractivity contribution in [1.82, 2.24) is 15.5 Å². The first-order valence-electron chi connectivity index (χ1n) is 9.76. The molecule has 0 aromatic heterocycles. The summed E-state index contributed by atoms with van der Waals surface area (Å²) in [6.07, 6.45) is 4.86. The molecule has 0 spiro atoms. The number of ether oxygens (including phenoxy) is 1. The number of guanidine groups is 1. The monoisotopic (exact) mass is 490 g/mol. The lowest BCUT2D eigenvalue weighted by Crippen LogP contribution is -2.44. The molecule has 3 rings (SSSR count). The molecule has 2 aliphatic rings. The van der Waals surface area contributed by atoms with Crippen LogP contribution in [0.15, 0.2) is 29.3 Å². The van der Waals surface area contributed by atoms with Gasteiger partial charge in [-0.15, -0.1) is 24.0 Å². The van der Waals surface area contributed by atoms with E-state index in [4.69, 9.17) is 4.74 Å². The van der Waals surface area contributed by atoms with Gasteiger partial charge < -0.3 is 15.4 Å². The van der Waals surface area contributed by atoms with Gasteiger partial charge in [0.15, 0.2) is 5.96 Å². The minimum atomic E-state index is -0.0996. The molecular weight excluding hydrogens is 458 g/mol. The van der Waals surface area contributed by atoms with Crippen LogP contribution in [-0.4, -0.2) is 56.8 Å². The van der Waals surface area contributed by atoms with Gasteiger partial charge in [-0.1, -0.05) is 18.2 Å². The van der Waals surface area contributed by atoms with Gasteiger partial charge in [-0.05, 0) is 50.8 Å². The molecule has 1 aromatic rings. The highest BCUT2D eigenvalue weighted by Gasteiger charge is 2.20. The normalized spacial score (nSPS) is 21.7. The molecule has 7 heteroatoms. The van der Waals surface area contributed by atoms with Gasteiger partial charge in [0.05, 0.1) is 6.10 Å². The molecule has 2 fully saturated rings. The molecule has 2 N–H and O–H groups in total. The van der Waals surface area contributed by atoms with Crippen molar-refractivity contribution in [3.05, 3.63) is 35.6 Å². The predicted molar refractivity (Wildman–Crippen MR) is 118 cm³/mol. The molecular formula is C20H32FIN4O. The number of likely N-dealkylation sites (tertiary alicyclic amines) is 1. The maximum atomic E-state index is 13.8. The highest BCUT2D eigenvalue weighted by atomic mass is 127. The van der Waals surface area contributed by atoms with Gasteiger partial charge >= 0.3 is 0 Å². The first kappa shape index (κ1) is 22.4. The van der Waals surface area contributed by atoms with Gasteiger partial charge in [0.25, 0.3) is 0 Å². The zero-order valence-corrected chi connectivity index (χ0v) is 18.5. The van der Waals surface area contributed by atoms with Crippen LogP contribution < -0.4 is 10.6 Å². The van der Waals surface area contributed by atoms with Crippen LogP contribution in [0.4, 0.5) is 4.39 Å². The van der Waals surface area contributed by atoms with Gasteiger partial charge in [-0.3, -0.25) is 9.89 Å². The number of benzene rings is 1. The van der Waals surface area contributed by atoms with Crippen LogP contribution >= 0.6 is 24.0 Å². The third-order valence-electron chi connectivity index (χ3n) is 5.36. The number of aliphatic imine (C=N–C) groups is 1. The summed E-state index contributed by atoms with van der Waals surface area (Å²) in [7, 11) is 1.81. The minimum Gasteiger partial charge on any atom is -0.376 e. The van der Waals surface area contributed by atoms with Crippen LogP contribution in [0.1, 0.15) is 31.2 Å². The predicted octanol–water partition coefficient (Wildman–Crippen LogP) is 3.00. The summed E-state index contributed by atoms with van der Waals surface area (Å²) >= 11 is 0. The molecule has 1 unspecified atom stereocenters. The summed E-state index contributed by atoms with van der Waals surface area (Å²) in [6, 6.07) is 7.08. The van der Waals surface area contributed by atoms with E-state index >= 15 is 0 Å². The molecule has 5 nitrogen and oxygen atoms in total. The summed E-state index contributed by atoms with van der Waals surface area (Å²) in [6.45, 7) is 5.37. The van der Waals surface area contributed by atoms with E-state index in [9.17, 15) is 4.39 Å². The van der Waals surface area contributed by atoms with Crippen molar-refractivity contribution in [3.8, 4) is 0 Å². The lowest BCUT2D eigenvalue weighted by Gasteiger charge is -2.32. The number of nitrogens with one attached hydrogen (secondary N) is 2. The highest BCUT2D eigenvalue weighted by molar-refractivity contribution is 14.0. The second kappa shape index (κ2) is 11.8. The topological polar surface area (TPSA) is 48.9 Å². The number of piperidine rings is 1. The maximum absolute atomic E-state index is 13.8. The molecule has 1 atom stereocenters. The van der Waals surface area contributed by atoms with Crippen LogP contribution in [-0.2, 0) is 11.3 Å². The molecule has 27 heavy (non-hydrogen) atoms. The molecule has 2 heterocycles. The molecule has 0 saturated carbocycles. The highest BCUT2D eigenvalue weighted by Crippen LogP contribution is 2.19. The lowest BCUT2D eigenvalue weighted by atomic mass is 9.96. The Bertz CT molecular complexity index is 587. The smallest absolute Gasteiger partial charge is 0.191 e. The Morgan fingerprint density at radius 1 is 1.19 bits per heavy atom. The Morgan fingerprint density at radius 3 is 2.59 bits per heavy atom. The summed E-state index contributed by atoms with van der Waals surface area (Å²) in [5.41, 5.74) is 0.794. The van der Waals surface area contributed by atoms with E-state index in [1.165, 1.54) is 0 Å². The molecule has 0 bridgehead atoms. The van der Waals surface area contributed by atoms with Crippen molar-refractivity contribution in [1.29, 1.82) is 0 Å². The summed E-state index contributed by atoms with van der Waals surface area (Å²) in [5.74, 6) is 1.39. The average molecular weight is 490 g/mol. The van der Waals surface area contributed by atoms with Gasteiger partial charge in [0, 0.05) is 38.9 Å². The van der Waals surface area contributed by atoms with Crippen molar-refractivity contribution >= 4 is 29.9 Å².